The van der Waals surface area contributed by atoms with Gasteiger partial charge < -0.3 is 20.9 Å². The smallest absolute Gasteiger partial charge is 0.319 e. The number of nitrogens with one attached hydrogen (secondary N) is 3. The minimum Gasteiger partial charge on any atom is -0.359 e. The lowest BCUT2D eigenvalue weighted by Crippen LogP contribution is -2.48. The molecule has 1 aliphatic rings. The van der Waals surface area contributed by atoms with Crippen molar-refractivity contribution in [2.75, 3.05) is 29.9 Å². The topological polar surface area (TPSA) is 73.5 Å². The highest BCUT2D eigenvalue weighted by Crippen LogP contribution is 2.25. The third-order valence-electron chi connectivity index (χ3n) is 2.95. The van der Waals surface area contributed by atoms with Crippen LogP contribution in [0.15, 0.2) is 24.3 Å². The Morgan fingerprint density at radius 1 is 1.35 bits per heavy atom. The summed E-state index contributed by atoms with van der Waals surface area (Å²) in [5.74, 6) is -0.00214. The molecule has 1 aromatic carbocycles. The monoisotopic (exact) mass is 276 g/mol. The lowest BCUT2D eigenvalue weighted by molar-refractivity contribution is -0.120. The molecular weight excluding hydrogens is 256 g/mol. The zero-order valence-corrected chi connectivity index (χ0v) is 11.8. The van der Waals surface area contributed by atoms with Crippen LogP contribution in [-0.2, 0) is 4.79 Å². The van der Waals surface area contributed by atoms with Crippen molar-refractivity contribution in [3.05, 3.63) is 24.3 Å². The molecule has 2 rings (SSSR count). The third-order valence-corrected chi connectivity index (χ3v) is 2.95. The summed E-state index contributed by atoms with van der Waals surface area (Å²) in [4.78, 5) is 25.2. The van der Waals surface area contributed by atoms with Crippen LogP contribution in [0.5, 0.6) is 0 Å². The second kappa shape index (κ2) is 6.27. The first-order valence-corrected chi connectivity index (χ1v) is 6.74. The Bertz CT molecular complexity index is 502. The molecule has 0 bridgehead atoms. The van der Waals surface area contributed by atoms with E-state index >= 15 is 0 Å². The molecule has 20 heavy (non-hydrogen) atoms. The average Bonchev–Trinajstić information content (AvgIpc) is 2.38. The summed E-state index contributed by atoms with van der Waals surface area (Å²) in [6.45, 7) is 5.47. The standard InChI is InChI=1S/C14H20N4O2/c1-10(2)16-14(20)17-11-5-3-4-6-12(11)18-8-7-15-13(19)9-18/h3-6,10H,7-9H2,1-2H3,(H,15,19)(H2,16,17,20). The van der Waals surface area contributed by atoms with E-state index in [-0.39, 0.29) is 18.0 Å². The van der Waals surface area contributed by atoms with Gasteiger partial charge in [-0.1, -0.05) is 12.1 Å². The van der Waals surface area contributed by atoms with Crippen molar-refractivity contribution in [1.82, 2.24) is 10.6 Å². The van der Waals surface area contributed by atoms with Crippen LogP contribution in [0.4, 0.5) is 16.2 Å². The van der Waals surface area contributed by atoms with E-state index in [9.17, 15) is 9.59 Å². The molecule has 0 radical (unpaired) electrons. The van der Waals surface area contributed by atoms with Crippen LogP contribution in [0.25, 0.3) is 0 Å². The van der Waals surface area contributed by atoms with Gasteiger partial charge in [-0.05, 0) is 26.0 Å². The van der Waals surface area contributed by atoms with Gasteiger partial charge in [0.1, 0.15) is 0 Å². The van der Waals surface area contributed by atoms with Gasteiger partial charge in [0.05, 0.1) is 17.9 Å². The molecular formula is C14H20N4O2. The second-order valence-corrected chi connectivity index (χ2v) is 5.04. The number of benzene rings is 1. The van der Waals surface area contributed by atoms with Gasteiger partial charge >= 0.3 is 6.03 Å². The summed E-state index contributed by atoms with van der Waals surface area (Å²) in [6, 6.07) is 7.33. The van der Waals surface area contributed by atoms with Crippen molar-refractivity contribution in [1.29, 1.82) is 0 Å². The van der Waals surface area contributed by atoms with Crippen molar-refractivity contribution in [3.63, 3.8) is 0 Å². The summed E-state index contributed by atoms with van der Waals surface area (Å²) >= 11 is 0. The van der Waals surface area contributed by atoms with Crippen molar-refractivity contribution < 1.29 is 9.59 Å². The van der Waals surface area contributed by atoms with Gasteiger partial charge in [-0.2, -0.15) is 0 Å². The quantitative estimate of drug-likeness (QED) is 0.775. The van der Waals surface area contributed by atoms with Crippen LogP contribution in [-0.4, -0.2) is 37.6 Å². The molecule has 1 aromatic rings. The first-order chi connectivity index (χ1) is 9.56. The van der Waals surface area contributed by atoms with Gasteiger partial charge in [0, 0.05) is 19.1 Å². The SMILES string of the molecule is CC(C)NC(=O)Nc1ccccc1N1CCNC(=O)C1. The number of piperazine rings is 1. The molecule has 1 saturated heterocycles. The fourth-order valence-corrected chi connectivity index (χ4v) is 2.12. The van der Waals surface area contributed by atoms with Gasteiger partial charge in [0.2, 0.25) is 5.91 Å². The highest BCUT2D eigenvalue weighted by Gasteiger charge is 2.19. The van der Waals surface area contributed by atoms with Crippen LogP contribution < -0.4 is 20.9 Å². The van der Waals surface area contributed by atoms with E-state index in [0.717, 1.165) is 12.2 Å². The maximum absolute atomic E-state index is 11.8. The number of hydrogen-bond acceptors (Lipinski definition) is 3. The summed E-state index contributed by atoms with van der Waals surface area (Å²) in [5, 5.41) is 8.40. The van der Waals surface area contributed by atoms with Crippen LogP contribution in [0.1, 0.15) is 13.8 Å². The fraction of sp³-hybridized carbons (Fsp3) is 0.429. The number of hydrogen-bond donors (Lipinski definition) is 3. The molecule has 0 atom stereocenters. The number of carbonyl (C=O) groups is 2. The van der Waals surface area contributed by atoms with Crippen LogP contribution in [0.3, 0.4) is 0 Å². The highest BCUT2D eigenvalue weighted by molar-refractivity contribution is 5.94. The van der Waals surface area contributed by atoms with Gasteiger partial charge in [-0.25, -0.2) is 4.79 Å². The molecule has 0 aliphatic carbocycles. The zero-order chi connectivity index (χ0) is 14.5. The van der Waals surface area contributed by atoms with E-state index in [1.54, 1.807) is 0 Å². The number of rotatable bonds is 3. The maximum atomic E-state index is 11.8. The molecule has 3 N–H and O–H groups in total. The van der Waals surface area contributed by atoms with E-state index in [0.29, 0.717) is 18.8 Å². The minimum absolute atomic E-state index is 0.00214. The first-order valence-electron chi connectivity index (χ1n) is 6.74. The Morgan fingerprint density at radius 3 is 2.80 bits per heavy atom. The van der Waals surface area contributed by atoms with Gasteiger partial charge in [-0.15, -0.1) is 0 Å². The van der Waals surface area contributed by atoms with Gasteiger partial charge in [0.15, 0.2) is 0 Å². The summed E-state index contributed by atoms with van der Waals surface area (Å²) in [7, 11) is 0. The van der Waals surface area contributed by atoms with E-state index in [1.807, 2.05) is 43.0 Å². The van der Waals surface area contributed by atoms with E-state index in [1.165, 1.54) is 0 Å². The molecule has 6 nitrogen and oxygen atoms in total. The van der Waals surface area contributed by atoms with Crippen molar-refractivity contribution in [2.24, 2.45) is 0 Å². The van der Waals surface area contributed by atoms with Crippen LogP contribution >= 0.6 is 0 Å². The molecule has 1 aliphatic heterocycles. The summed E-state index contributed by atoms with van der Waals surface area (Å²) in [5.41, 5.74) is 1.57. The molecule has 0 unspecified atom stereocenters. The Balaban J connectivity index is 2.13. The first kappa shape index (κ1) is 14.2. The van der Waals surface area contributed by atoms with E-state index in [2.05, 4.69) is 16.0 Å². The van der Waals surface area contributed by atoms with Crippen molar-refractivity contribution in [2.45, 2.75) is 19.9 Å². The lowest BCUT2D eigenvalue weighted by atomic mass is 10.2. The molecule has 108 valence electrons. The summed E-state index contributed by atoms with van der Waals surface area (Å²) in [6.07, 6.45) is 0. The second-order valence-electron chi connectivity index (χ2n) is 5.04. The number of nitrogens with zero attached hydrogens (tertiary/aromatic N) is 1. The summed E-state index contributed by atoms with van der Waals surface area (Å²) < 4.78 is 0. The predicted molar refractivity (Wildman–Crippen MR) is 79.0 cm³/mol. The zero-order valence-electron chi connectivity index (χ0n) is 11.8. The lowest BCUT2D eigenvalue weighted by Gasteiger charge is -2.30. The third kappa shape index (κ3) is 3.63. The number of anilines is 2. The average molecular weight is 276 g/mol. The predicted octanol–water partition coefficient (Wildman–Crippen LogP) is 1.15. The number of amides is 3. The molecule has 3 amide bonds. The Labute approximate surface area is 118 Å². The fourth-order valence-electron chi connectivity index (χ4n) is 2.12. The molecule has 6 heteroatoms. The van der Waals surface area contributed by atoms with Crippen LogP contribution in [0.2, 0.25) is 0 Å². The molecule has 1 fully saturated rings. The molecule has 0 aromatic heterocycles. The Morgan fingerprint density at radius 2 is 2.10 bits per heavy atom. The molecule has 0 saturated carbocycles. The Hall–Kier alpha value is -2.24. The molecule has 0 spiro atoms. The number of carbonyl (C=O) groups excluding carboxylic acids is 2. The van der Waals surface area contributed by atoms with Crippen LogP contribution in [0, 0.1) is 0 Å². The Kier molecular flexibility index (Phi) is 4.45. The maximum Gasteiger partial charge on any atom is 0.319 e. The number of urea groups is 1. The normalized spacial score (nSPS) is 14.9. The minimum atomic E-state index is -0.242. The van der Waals surface area contributed by atoms with Crippen molar-refractivity contribution >= 4 is 23.3 Å². The van der Waals surface area contributed by atoms with Crippen molar-refractivity contribution in [3.8, 4) is 0 Å². The highest BCUT2D eigenvalue weighted by atomic mass is 16.2. The van der Waals surface area contributed by atoms with E-state index < -0.39 is 0 Å². The van der Waals surface area contributed by atoms with E-state index in [4.69, 9.17) is 0 Å². The number of para-hydroxylation sites is 2. The van der Waals surface area contributed by atoms with Gasteiger partial charge in [0.25, 0.3) is 0 Å². The molecule has 1 heterocycles. The van der Waals surface area contributed by atoms with Gasteiger partial charge in [-0.3, -0.25) is 4.79 Å². The largest absolute Gasteiger partial charge is 0.359 e.